The summed E-state index contributed by atoms with van der Waals surface area (Å²) in [4.78, 5) is 3.72. The number of nitrogens with zero attached hydrogens (tertiary/aromatic N) is 3. The monoisotopic (exact) mass is 199 g/mol. The van der Waals surface area contributed by atoms with Crippen molar-refractivity contribution in [1.82, 2.24) is 14.8 Å². The molecule has 0 radical (unpaired) electrons. The van der Waals surface area contributed by atoms with Gasteiger partial charge in [0.25, 0.3) is 0 Å². The Hall–Kier alpha value is -0.970. The van der Waals surface area contributed by atoms with Gasteiger partial charge in [-0.05, 0) is 5.41 Å². The van der Waals surface area contributed by atoms with Gasteiger partial charge in [0, 0.05) is 0 Å². The molecule has 1 fully saturated rings. The predicted molar refractivity (Wildman–Crippen MR) is 48.3 cm³/mol. The van der Waals surface area contributed by atoms with Crippen molar-refractivity contribution in [3.63, 3.8) is 0 Å². The molecule has 2 unspecified atom stereocenters. The standard InChI is InChI=1S/C9H14FN3O/c1-8(2,3)9(4-14-9)7(10)13-6-11-5-12-13/h5-7H,4H2,1-3H3. The largest absolute Gasteiger partial charge is 0.364 e. The number of hydrogen-bond acceptors (Lipinski definition) is 3. The van der Waals surface area contributed by atoms with Gasteiger partial charge in [-0.15, -0.1) is 0 Å². The first kappa shape index (κ1) is 9.58. The van der Waals surface area contributed by atoms with Crippen LogP contribution in [0.25, 0.3) is 0 Å². The molecule has 4 nitrogen and oxygen atoms in total. The molecule has 1 saturated heterocycles. The zero-order valence-electron chi connectivity index (χ0n) is 8.57. The predicted octanol–water partition coefficient (Wildman–Crippen LogP) is 1.56. The summed E-state index contributed by atoms with van der Waals surface area (Å²) in [5.41, 5.74) is -0.973. The summed E-state index contributed by atoms with van der Waals surface area (Å²) in [5.74, 6) is 0. The van der Waals surface area contributed by atoms with Gasteiger partial charge in [0.2, 0.25) is 6.30 Å². The topological polar surface area (TPSA) is 43.2 Å². The van der Waals surface area contributed by atoms with Crippen LogP contribution in [-0.4, -0.2) is 27.0 Å². The van der Waals surface area contributed by atoms with Crippen LogP contribution in [0.4, 0.5) is 4.39 Å². The van der Waals surface area contributed by atoms with Gasteiger partial charge in [-0.3, -0.25) is 0 Å². The van der Waals surface area contributed by atoms with Crippen LogP contribution >= 0.6 is 0 Å². The molecule has 1 aromatic rings. The van der Waals surface area contributed by atoms with Gasteiger partial charge in [-0.25, -0.2) is 14.1 Å². The van der Waals surface area contributed by atoms with Gasteiger partial charge in [0.15, 0.2) is 0 Å². The maximum atomic E-state index is 14.0. The van der Waals surface area contributed by atoms with E-state index in [0.717, 1.165) is 0 Å². The molecule has 0 bridgehead atoms. The third-order valence-corrected chi connectivity index (χ3v) is 2.78. The average molecular weight is 199 g/mol. The van der Waals surface area contributed by atoms with Crippen LogP contribution in [0.15, 0.2) is 12.7 Å². The summed E-state index contributed by atoms with van der Waals surface area (Å²) < 4.78 is 20.5. The van der Waals surface area contributed by atoms with E-state index in [-0.39, 0.29) is 5.41 Å². The van der Waals surface area contributed by atoms with E-state index >= 15 is 0 Å². The van der Waals surface area contributed by atoms with Crippen LogP contribution in [0.5, 0.6) is 0 Å². The maximum absolute atomic E-state index is 14.0. The van der Waals surface area contributed by atoms with Gasteiger partial charge in [0.05, 0.1) is 6.61 Å². The number of epoxide rings is 1. The Balaban J connectivity index is 2.24. The SMILES string of the molecule is CC(C)(C)C1(C(F)n2cncn2)CO1. The van der Waals surface area contributed by atoms with Crippen molar-refractivity contribution in [3.8, 4) is 0 Å². The lowest BCUT2D eigenvalue weighted by molar-refractivity contribution is 0.0153. The zero-order chi connectivity index (χ0) is 10.4. The maximum Gasteiger partial charge on any atom is 0.224 e. The number of halogens is 1. The Morgan fingerprint density at radius 3 is 2.57 bits per heavy atom. The summed E-state index contributed by atoms with van der Waals surface area (Å²) in [6.45, 7) is 6.33. The molecular weight excluding hydrogens is 185 g/mol. The van der Waals surface area contributed by atoms with Crippen LogP contribution in [-0.2, 0) is 4.74 Å². The van der Waals surface area contributed by atoms with E-state index in [2.05, 4.69) is 10.1 Å². The van der Waals surface area contributed by atoms with Crippen molar-refractivity contribution in [3.05, 3.63) is 12.7 Å². The van der Waals surface area contributed by atoms with Crippen molar-refractivity contribution in [2.75, 3.05) is 6.61 Å². The quantitative estimate of drug-likeness (QED) is 0.679. The molecule has 0 aromatic carbocycles. The van der Waals surface area contributed by atoms with E-state index in [4.69, 9.17) is 4.74 Å². The molecule has 1 aliphatic heterocycles. The summed E-state index contributed by atoms with van der Waals surface area (Å²) >= 11 is 0. The lowest BCUT2D eigenvalue weighted by Crippen LogP contribution is -2.37. The summed E-state index contributed by atoms with van der Waals surface area (Å²) in [7, 11) is 0. The number of rotatable bonds is 2. The van der Waals surface area contributed by atoms with Crippen LogP contribution in [0.1, 0.15) is 27.1 Å². The lowest BCUT2D eigenvalue weighted by Gasteiger charge is -2.29. The number of hydrogen-bond donors (Lipinski definition) is 0. The second-order valence-corrected chi connectivity index (χ2v) is 4.64. The van der Waals surface area contributed by atoms with Crippen LogP contribution in [0, 0.1) is 5.41 Å². The van der Waals surface area contributed by atoms with Crippen LogP contribution in [0.3, 0.4) is 0 Å². The molecular formula is C9H14FN3O. The molecule has 0 N–H and O–H groups in total. The first-order chi connectivity index (χ1) is 6.47. The Morgan fingerprint density at radius 2 is 2.21 bits per heavy atom. The minimum Gasteiger partial charge on any atom is -0.364 e. The molecule has 2 heterocycles. The first-order valence-electron chi connectivity index (χ1n) is 4.59. The number of alkyl halides is 1. The molecule has 2 atom stereocenters. The molecule has 1 aromatic heterocycles. The van der Waals surface area contributed by atoms with Crippen LogP contribution < -0.4 is 0 Å². The first-order valence-corrected chi connectivity index (χ1v) is 4.59. The van der Waals surface area contributed by atoms with Gasteiger partial charge >= 0.3 is 0 Å². The summed E-state index contributed by atoms with van der Waals surface area (Å²) in [6, 6.07) is 0. The van der Waals surface area contributed by atoms with Gasteiger partial charge in [-0.1, -0.05) is 20.8 Å². The van der Waals surface area contributed by atoms with Crippen molar-refractivity contribution in [1.29, 1.82) is 0 Å². The highest BCUT2D eigenvalue weighted by molar-refractivity contribution is 5.05. The number of aromatic nitrogens is 3. The molecule has 0 saturated carbocycles. The van der Waals surface area contributed by atoms with Gasteiger partial charge in [0.1, 0.15) is 18.3 Å². The highest BCUT2D eigenvalue weighted by atomic mass is 19.1. The fraction of sp³-hybridized carbons (Fsp3) is 0.778. The highest BCUT2D eigenvalue weighted by Crippen LogP contribution is 2.51. The summed E-state index contributed by atoms with van der Waals surface area (Å²) in [6.07, 6.45) is 1.44. The number of ether oxygens (including phenoxy) is 1. The Labute approximate surface area is 82.1 Å². The Morgan fingerprint density at radius 1 is 1.57 bits per heavy atom. The highest BCUT2D eigenvalue weighted by Gasteiger charge is 2.61. The average Bonchev–Trinajstić information content (AvgIpc) is 2.73. The molecule has 0 aliphatic carbocycles. The third-order valence-electron chi connectivity index (χ3n) is 2.78. The fourth-order valence-corrected chi connectivity index (χ4v) is 1.55. The molecule has 5 heteroatoms. The summed E-state index contributed by atoms with van der Waals surface area (Å²) in [5, 5.41) is 3.79. The van der Waals surface area contributed by atoms with Crippen molar-refractivity contribution in [2.24, 2.45) is 5.41 Å². The molecule has 78 valence electrons. The Bertz CT molecular complexity index is 313. The van der Waals surface area contributed by atoms with E-state index in [1.807, 2.05) is 20.8 Å². The Kier molecular flexibility index (Phi) is 1.89. The smallest absolute Gasteiger partial charge is 0.224 e. The van der Waals surface area contributed by atoms with E-state index in [9.17, 15) is 4.39 Å². The van der Waals surface area contributed by atoms with E-state index in [0.29, 0.717) is 6.61 Å². The molecule has 0 spiro atoms. The molecule has 1 aliphatic rings. The van der Waals surface area contributed by atoms with Crippen molar-refractivity contribution < 1.29 is 9.13 Å². The minimum absolute atomic E-state index is 0.238. The fourth-order valence-electron chi connectivity index (χ4n) is 1.55. The van der Waals surface area contributed by atoms with Crippen molar-refractivity contribution in [2.45, 2.75) is 32.7 Å². The lowest BCUT2D eigenvalue weighted by atomic mass is 9.80. The second-order valence-electron chi connectivity index (χ2n) is 4.64. The van der Waals surface area contributed by atoms with Gasteiger partial charge < -0.3 is 4.74 Å². The molecule has 0 amide bonds. The van der Waals surface area contributed by atoms with E-state index in [1.54, 1.807) is 0 Å². The van der Waals surface area contributed by atoms with Crippen LogP contribution in [0.2, 0.25) is 0 Å². The zero-order valence-corrected chi connectivity index (χ0v) is 8.57. The van der Waals surface area contributed by atoms with E-state index in [1.165, 1.54) is 17.3 Å². The molecule has 2 rings (SSSR count). The van der Waals surface area contributed by atoms with Crippen molar-refractivity contribution >= 4 is 0 Å². The minimum atomic E-state index is -1.26. The third kappa shape index (κ3) is 1.23. The second kappa shape index (κ2) is 2.76. The normalized spacial score (nSPS) is 28.9. The van der Waals surface area contributed by atoms with E-state index < -0.39 is 11.9 Å². The van der Waals surface area contributed by atoms with Gasteiger partial charge in [-0.2, -0.15) is 5.10 Å². The molecule has 14 heavy (non-hydrogen) atoms.